The van der Waals surface area contributed by atoms with Crippen molar-refractivity contribution in [3.8, 4) is 5.75 Å². The molecule has 0 fully saturated rings. The Kier molecular flexibility index (Phi) is 2.97. The van der Waals surface area contributed by atoms with Gasteiger partial charge in [-0.1, -0.05) is 12.1 Å². The van der Waals surface area contributed by atoms with Crippen LogP contribution in [0.15, 0.2) is 53.3 Å². The maximum Gasteiger partial charge on any atom is 0.173 e. The monoisotopic (exact) mass is 347 g/mol. The van der Waals surface area contributed by atoms with Gasteiger partial charge < -0.3 is 15.3 Å². The molecule has 2 heterocycles. The zero-order valence-corrected chi connectivity index (χ0v) is 13.6. The minimum absolute atomic E-state index is 0.342. The molecule has 0 amide bonds. The third kappa shape index (κ3) is 1.99. The second-order valence-corrected chi connectivity index (χ2v) is 6.34. The summed E-state index contributed by atoms with van der Waals surface area (Å²) in [6, 6.07) is 10.6. The molecule has 6 heteroatoms. The van der Waals surface area contributed by atoms with Crippen LogP contribution in [-0.4, -0.2) is 15.3 Å². The lowest BCUT2D eigenvalue weighted by atomic mass is 9.97. The largest absolute Gasteiger partial charge is 0.505 e. The van der Waals surface area contributed by atoms with Crippen LogP contribution in [0.25, 0.3) is 22.0 Å². The van der Waals surface area contributed by atoms with E-state index in [4.69, 9.17) is 10.2 Å². The predicted molar refractivity (Wildman–Crippen MR) is 96.9 cm³/mol. The van der Waals surface area contributed by atoms with Gasteiger partial charge >= 0.3 is 0 Å². The molecule has 2 aromatic heterocycles. The summed E-state index contributed by atoms with van der Waals surface area (Å²) in [7, 11) is 0. The normalized spacial score (nSPS) is 13.6. The minimum atomic E-state index is -0.660. The number of anilines is 1. The van der Waals surface area contributed by atoms with Crippen LogP contribution in [-0.2, 0) is 6.42 Å². The number of aromatic nitrogens is 2. The first-order valence-electron chi connectivity index (χ1n) is 8.14. The van der Waals surface area contributed by atoms with Crippen LogP contribution in [0.4, 0.5) is 10.1 Å². The summed E-state index contributed by atoms with van der Waals surface area (Å²) in [6.45, 7) is 0. The van der Waals surface area contributed by atoms with Gasteiger partial charge in [-0.25, -0.2) is 4.39 Å². The lowest BCUT2D eigenvalue weighted by Crippen LogP contribution is -1.95. The zero-order chi connectivity index (χ0) is 17.8. The molecule has 0 spiro atoms. The van der Waals surface area contributed by atoms with E-state index in [-0.39, 0.29) is 0 Å². The molecule has 0 saturated heterocycles. The summed E-state index contributed by atoms with van der Waals surface area (Å²) < 4.78 is 20.4. The van der Waals surface area contributed by atoms with Crippen LogP contribution < -0.4 is 5.73 Å². The number of nitrogens with zero attached hydrogens (tertiary/aromatic N) is 1. The molecule has 1 aliphatic rings. The molecule has 2 aromatic carbocycles. The van der Waals surface area contributed by atoms with E-state index in [1.807, 2.05) is 18.2 Å². The van der Waals surface area contributed by atoms with E-state index in [2.05, 4.69) is 10.2 Å². The number of benzene rings is 2. The molecule has 0 saturated carbocycles. The highest BCUT2D eigenvalue weighted by Crippen LogP contribution is 2.46. The van der Waals surface area contributed by atoms with Crippen LogP contribution in [0.5, 0.6) is 5.75 Å². The van der Waals surface area contributed by atoms with Crippen LogP contribution in [0.3, 0.4) is 0 Å². The maximum absolute atomic E-state index is 14.8. The fraction of sp³-hybridized carbons (Fsp3) is 0.0500. The molecule has 26 heavy (non-hydrogen) atoms. The van der Waals surface area contributed by atoms with Crippen molar-refractivity contribution in [1.82, 2.24) is 10.2 Å². The van der Waals surface area contributed by atoms with Gasteiger partial charge in [0.25, 0.3) is 0 Å². The number of nitrogens with two attached hydrogens (primary N) is 1. The van der Waals surface area contributed by atoms with E-state index in [9.17, 15) is 9.50 Å². The molecule has 5 rings (SSSR count). The number of H-pyrrole nitrogens is 1. The number of furan rings is 1. The minimum Gasteiger partial charge on any atom is -0.505 e. The number of aromatic amines is 1. The molecule has 0 unspecified atom stereocenters. The Morgan fingerprint density at radius 2 is 2.08 bits per heavy atom. The third-order valence-electron chi connectivity index (χ3n) is 4.84. The molecule has 4 aromatic rings. The van der Waals surface area contributed by atoms with Crippen LogP contribution in [0.2, 0.25) is 0 Å². The summed E-state index contributed by atoms with van der Waals surface area (Å²) in [4.78, 5) is 0. The number of rotatable bonds is 2. The highest BCUT2D eigenvalue weighted by Gasteiger charge is 2.31. The van der Waals surface area contributed by atoms with Gasteiger partial charge in [0.2, 0.25) is 0 Å². The molecule has 0 atom stereocenters. The van der Waals surface area contributed by atoms with Crippen LogP contribution >= 0.6 is 0 Å². The molecular formula is C20H14FN3O2. The van der Waals surface area contributed by atoms with Gasteiger partial charge in [-0.15, -0.1) is 0 Å². The van der Waals surface area contributed by atoms with Gasteiger partial charge in [-0.3, -0.25) is 5.10 Å². The first kappa shape index (κ1) is 14.8. The Morgan fingerprint density at radius 3 is 2.88 bits per heavy atom. The summed E-state index contributed by atoms with van der Waals surface area (Å²) in [6.07, 6.45) is 3.74. The van der Waals surface area contributed by atoms with Gasteiger partial charge in [0.1, 0.15) is 0 Å². The SMILES string of the molecule is Nc1ccoc1C1=C(c2ccc3[nH]ncc3c2)Cc2ccc(O)c(F)c21. The number of aromatic hydroxyl groups is 1. The second-order valence-electron chi connectivity index (χ2n) is 6.34. The number of nitrogens with one attached hydrogen (secondary N) is 1. The summed E-state index contributed by atoms with van der Waals surface area (Å²) >= 11 is 0. The smallest absolute Gasteiger partial charge is 0.173 e. The van der Waals surface area contributed by atoms with E-state index in [1.165, 1.54) is 12.3 Å². The van der Waals surface area contributed by atoms with Gasteiger partial charge in [0.15, 0.2) is 17.3 Å². The molecule has 128 valence electrons. The number of nitrogen functional groups attached to an aromatic ring is 1. The zero-order valence-electron chi connectivity index (χ0n) is 13.6. The Bertz CT molecular complexity index is 1200. The first-order chi connectivity index (χ1) is 12.6. The lowest BCUT2D eigenvalue weighted by Gasteiger charge is -2.09. The Morgan fingerprint density at radius 1 is 1.19 bits per heavy atom. The quantitative estimate of drug-likeness (QED) is 0.509. The van der Waals surface area contributed by atoms with Gasteiger partial charge in [0, 0.05) is 22.6 Å². The van der Waals surface area contributed by atoms with Crippen molar-refractivity contribution in [3.05, 3.63) is 77.1 Å². The van der Waals surface area contributed by atoms with Crippen molar-refractivity contribution < 1.29 is 13.9 Å². The highest BCUT2D eigenvalue weighted by molar-refractivity contribution is 6.05. The number of hydrogen-bond donors (Lipinski definition) is 3. The standard InChI is InChI=1S/C20H14FN3O2/c21-19-16(25)4-2-11-8-13(10-1-3-15-12(7-10)9-23-24-15)18(17(11)19)20-14(22)5-6-26-20/h1-7,9,25H,8,22H2,(H,23,24). The van der Waals surface area contributed by atoms with Crippen molar-refractivity contribution >= 4 is 27.7 Å². The molecule has 0 radical (unpaired) electrons. The summed E-state index contributed by atoms with van der Waals surface area (Å²) in [5.41, 5.74) is 10.9. The fourth-order valence-corrected chi connectivity index (χ4v) is 3.60. The van der Waals surface area contributed by atoms with Crippen molar-refractivity contribution in [2.75, 3.05) is 5.73 Å². The molecule has 1 aliphatic carbocycles. The average Bonchev–Trinajstić information content (AvgIpc) is 3.35. The van der Waals surface area contributed by atoms with E-state index >= 15 is 0 Å². The van der Waals surface area contributed by atoms with Crippen molar-refractivity contribution in [2.24, 2.45) is 0 Å². The van der Waals surface area contributed by atoms with Crippen molar-refractivity contribution in [2.45, 2.75) is 6.42 Å². The third-order valence-corrected chi connectivity index (χ3v) is 4.84. The number of halogens is 1. The average molecular weight is 347 g/mol. The van der Waals surface area contributed by atoms with E-state index in [0.29, 0.717) is 29.0 Å². The molecule has 0 aliphatic heterocycles. The van der Waals surface area contributed by atoms with E-state index in [0.717, 1.165) is 27.6 Å². The van der Waals surface area contributed by atoms with Gasteiger partial charge in [-0.05, 0) is 41.3 Å². The van der Waals surface area contributed by atoms with Gasteiger partial charge in [-0.2, -0.15) is 5.10 Å². The second kappa shape index (κ2) is 5.23. The van der Waals surface area contributed by atoms with Crippen LogP contribution in [0.1, 0.15) is 22.5 Å². The molecule has 0 bridgehead atoms. The number of phenols is 1. The lowest BCUT2D eigenvalue weighted by molar-refractivity contribution is 0.431. The van der Waals surface area contributed by atoms with Crippen molar-refractivity contribution in [3.63, 3.8) is 0 Å². The molecular weight excluding hydrogens is 333 g/mol. The number of phenolic OH excluding ortho intramolecular Hbond substituents is 1. The molecule has 4 N–H and O–H groups in total. The summed E-state index contributed by atoms with van der Waals surface area (Å²) in [5, 5.41) is 17.8. The molecule has 5 nitrogen and oxygen atoms in total. The van der Waals surface area contributed by atoms with E-state index in [1.54, 1.807) is 18.3 Å². The number of fused-ring (bicyclic) bond motifs is 2. The van der Waals surface area contributed by atoms with E-state index < -0.39 is 11.6 Å². The Balaban J connectivity index is 1.82. The van der Waals surface area contributed by atoms with Gasteiger partial charge in [0.05, 0.1) is 23.7 Å². The fourth-order valence-electron chi connectivity index (χ4n) is 3.60. The number of hydrogen-bond acceptors (Lipinski definition) is 4. The van der Waals surface area contributed by atoms with Crippen LogP contribution in [0, 0.1) is 5.82 Å². The summed E-state index contributed by atoms with van der Waals surface area (Å²) in [5.74, 6) is -0.638. The topological polar surface area (TPSA) is 88.1 Å². The van der Waals surface area contributed by atoms with Crippen molar-refractivity contribution in [1.29, 1.82) is 0 Å². The highest BCUT2D eigenvalue weighted by atomic mass is 19.1. The Hall–Kier alpha value is -3.54. The number of allylic oxidation sites excluding steroid dienone is 1. The first-order valence-corrected chi connectivity index (χ1v) is 8.14. The maximum atomic E-state index is 14.8. The predicted octanol–water partition coefficient (Wildman–Crippen LogP) is 4.10. The Labute approximate surface area is 147 Å².